The Hall–Kier alpha value is -2.00. The Morgan fingerprint density at radius 1 is 0.967 bits per heavy atom. The summed E-state index contributed by atoms with van der Waals surface area (Å²) in [5.74, 6) is 0.863. The topological polar surface area (TPSA) is 52.1 Å². The average molecular weight is 521 g/mol. The van der Waals surface area contributed by atoms with Gasteiger partial charge in [0, 0.05) is 57.2 Å². The number of hydrogen-bond acceptors (Lipinski definition) is 4. The van der Waals surface area contributed by atoms with Crippen molar-refractivity contribution in [3.8, 4) is 0 Å². The summed E-state index contributed by atoms with van der Waals surface area (Å²) >= 11 is 0. The van der Waals surface area contributed by atoms with Gasteiger partial charge in [-0.3, -0.25) is 4.99 Å². The number of nitrogens with zero attached hydrogens (tertiary/aromatic N) is 3. The monoisotopic (exact) mass is 521 g/mol. The number of ether oxygens (including phenoxy) is 1. The number of nitrogens with one attached hydrogen (secondary N) is 2. The second-order valence-electron chi connectivity index (χ2n) is 7.60. The van der Waals surface area contributed by atoms with Crippen LogP contribution in [0, 0.1) is 0 Å². The molecule has 2 heterocycles. The lowest BCUT2D eigenvalue weighted by atomic mass is 10.2. The smallest absolute Gasteiger partial charge is 0.191 e. The highest BCUT2D eigenvalue weighted by Crippen LogP contribution is 2.20. The summed E-state index contributed by atoms with van der Waals surface area (Å²) < 4.78 is 5.43. The zero-order valence-electron chi connectivity index (χ0n) is 17.6. The minimum atomic E-state index is 0. The van der Waals surface area contributed by atoms with Crippen molar-refractivity contribution >= 4 is 41.3 Å². The number of anilines is 2. The molecule has 2 saturated heterocycles. The Morgan fingerprint density at radius 2 is 1.67 bits per heavy atom. The fraction of sp³-hybridized carbons (Fsp3) is 0.435. The number of para-hydroxylation sites is 1. The number of hydrogen-bond donors (Lipinski definition) is 2. The van der Waals surface area contributed by atoms with E-state index in [0.29, 0.717) is 6.04 Å². The van der Waals surface area contributed by atoms with Gasteiger partial charge in [0.05, 0.1) is 13.2 Å². The normalized spacial score (nSPS) is 19.4. The minimum Gasteiger partial charge on any atom is -0.378 e. The summed E-state index contributed by atoms with van der Waals surface area (Å²) in [4.78, 5) is 9.21. The quantitative estimate of drug-likeness (QED) is 0.360. The first kappa shape index (κ1) is 22.7. The van der Waals surface area contributed by atoms with E-state index in [2.05, 4.69) is 80.0 Å². The van der Waals surface area contributed by atoms with Gasteiger partial charge in [-0.1, -0.05) is 30.3 Å². The molecule has 2 fully saturated rings. The third-order valence-corrected chi connectivity index (χ3v) is 5.65. The molecule has 2 N–H and O–H groups in total. The maximum Gasteiger partial charge on any atom is 0.191 e. The predicted molar refractivity (Wildman–Crippen MR) is 135 cm³/mol. The van der Waals surface area contributed by atoms with Crippen LogP contribution in [0.1, 0.15) is 12.0 Å². The molecule has 1 unspecified atom stereocenters. The lowest BCUT2D eigenvalue weighted by Crippen LogP contribution is -2.44. The van der Waals surface area contributed by atoms with Crippen molar-refractivity contribution < 1.29 is 4.74 Å². The van der Waals surface area contributed by atoms with Crippen LogP contribution in [0.25, 0.3) is 0 Å². The Bertz CT molecular complexity index is 793. The highest BCUT2D eigenvalue weighted by atomic mass is 127. The van der Waals surface area contributed by atoms with Crippen molar-refractivity contribution in [3.05, 3.63) is 60.2 Å². The third-order valence-electron chi connectivity index (χ3n) is 5.65. The molecule has 4 rings (SSSR count). The van der Waals surface area contributed by atoms with E-state index >= 15 is 0 Å². The summed E-state index contributed by atoms with van der Waals surface area (Å²) in [7, 11) is 1.83. The van der Waals surface area contributed by atoms with Crippen molar-refractivity contribution in [3.63, 3.8) is 0 Å². The van der Waals surface area contributed by atoms with Crippen LogP contribution in [0.5, 0.6) is 0 Å². The molecular formula is C23H32IN5O. The van der Waals surface area contributed by atoms with Gasteiger partial charge in [0.1, 0.15) is 0 Å². The van der Waals surface area contributed by atoms with Crippen molar-refractivity contribution in [2.75, 3.05) is 56.2 Å². The van der Waals surface area contributed by atoms with Crippen molar-refractivity contribution in [1.82, 2.24) is 10.6 Å². The van der Waals surface area contributed by atoms with Gasteiger partial charge in [0.2, 0.25) is 0 Å². The van der Waals surface area contributed by atoms with Crippen LogP contribution >= 0.6 is 24.0 Å². The van der Waals surface area contributed by atoms with E-state index in [4.69, 9.17) is 4.74 Å². The van der Waals surface area contributed by atoms with E-state index in [1.54, 1.807) is 0 Å². The molecule has 7 heteroatoms. The zero-order chi connectivity index (χ0) is 19.9. The molecule has 0 spiro atoms. The first-order valence-electron chi connectivity index (χ1n) is 10.5. The Kier molecular flexibility index (Phi) is 8.62. The summed E-state index contributed by atoms with van der Waals surface area (Å²) in [5.41, 5.74) is 3.81. The first-order chi connectivity index (χ1) is 14.3. The van der Waals surface area contributed by atoms with Crippen LogP contribution in [0.4, 0.5) is 11.4 Å². The molecule has 2 aliphatic heterocycles. The maximum atomic E-state index is 5.43. The van der Waals surface area contributed by atoms with Crippen molar-refractivity contribution in [2.24, 2.45) is 4.99 Å². The van der Waals surface area contributed by atoms with Crippen molar-refractivity contribution in [2.45, 2.75) is 19.0 Å². The second kappa shape index (κ2) is 11.4. The highest BCUT2D eigenvalue weighted by Gasteiger charge is 2.23. The van der Waals surface area contributed by atoms with Gasteiger partial charge in [-0.05, 0) is 36.2 Å². The van der Waals surface area contributed by atoms with Crippen LogP contribution in [-0.2, 0) is 11.3 Å². The van der Waals surface area contributed by atoms with E-state index in [1.807, 2.05) is 7.05 Å². The van der Waals surface area contributed by atoms with E-state index in [-0.39, 0.29) is 24.0 Å². The van der Waals surface area contributed by atoms with Crippen LogP contribution in [0.3, 0.4) is 0 Å². The molecule has 2 aromatic carbocycles. The van der Waals surface area contributed by atoms with Gasteiger partial charge in [0.25, 0.3) is 0 Å². The fourth-order valence-corrected chi connectivity index (χ4v) is 3.97. The first-order valence-corrected chi connectivity index (χ1v) is 10.5. The fourth-order valence-electron chi connectivity index (χ4n) is 3.97. The van der Waals surface area contributed by atoms with E-state index < -0.39 is 0 Å². The molecule has 0 aliphatic carbocycles. The third kappa shape index (κ3) is 6.01. The van der Waals surface area contributed by atoms with Crippen LogP contribution in [0.2, 0.25) is 0 Å². The number of morpholine rings is 1. The molecule has 2 aliphatic rings. The number of halogens is 1. The molecule has 1 atom stereocenters. The number of benzene rings is 2. The standard InChI is InChI=1S/C23H31N5O.HI/c1-24-23(26-20-11-12-28(18-20)21-5-3-2-4-6-21)25-17-19-7-9-22(10-8-19)27-13-15-29-16-14-27;/h2-10,20H,11-18H2,1H3,(H2,24,25,26);1H. The molecular weight excluding hydrogens is 489 g/mol. The van der Waals surface area contributed by atoms with Gasteiger partial charge >= 0.3 is 0 Å². The average Bonchev–Trinajstić information content (AvgIpc) is 3.27. The molecule has 6 nitrogen and oxygen atoms in total. The summed E-state index contributed by atoms with van der Waals surface area (Å²) in [5, 5.41) is 7.03. The molecule has 30 heavy (non-hydrogen) atoms. The van der Waals surface area contributed by atoms with Gasteiger partial charge in [-0.15, -0.1) is 24.0 Å². The largest absolute Gasteiger partial charge is 0.378 e. The van der Waals surface area contributed by atoms with Gasteiger partial charge < -0.3 is 25.2 Å². The van der Waals surface area contributed by atoms with E-state index in [0.717, 1.165) is 58.3 Å². The number of guanidine groups is 1. The summed E-state index contributed by atoms with van der Waals surface area (Å²) in [6.45, 7) is 6.40. The molecule has 0 radical (unpaired) electrons. The lowest BCUT2D eigenvalue weighted by Gasteiger charge is -2.29. The SMILES string of the molecule is CN=C(NCc1ccc(N2CCOCC2)cc1)NC1CCN(c2ccccc2)C1.I. The van der Waals surface area contributed by atoms with Crippen molar-refractivity contribution in [1.29, 1.82) is 0 Å². The predicted octanol–water partition coefficient (Wildman–Crippen LogP) is 3.09. The Morgan fingerprint density at radius 3 is 2.37 bits per heavy atom. The lowest BCUT2D eigenvalue weighted by molar-refractivity contribution is 0.122. The zero-order valence-corrected chi connectivity index (χ0v) is 19.9. The van der Waals surface area contributed by atoms with E-state index in [1.165, 1.54) is 16.9 Å². The molecule has 0 amide bonds. The van der Waals surface area contributed by atoms with Crippen LogP contribution in [0.15, 0.2) is 59.6 Å². The number of aliphatic imine (C=N–C) groups is 1. The molecule has 0 aromatic heterocycles. The summed E-state index contributed by atoms with van der Waals surface area (Å²) in [6.07, 6.45) is 1.11. The number of rotatable bonds is 5. The Labute approximate surface area is 196 Å². The molecule has 162 valence electrons. The molecule has 2 aromatic rings. The molecule has 0 bridgehead atoms. The van der Waals surface area contributed by atoms with Crippen LogP contribution in [-0.4, -0.2) is 58.4 Å². The maximum absolute atomic E-state index is 5.43. The highest BCUT2D eigenvalue weighted by molar-refractivity contribution is 14.0. The van der Waals surface area contributed by atoms with Gasteiger partial charge in [0.15, 0.2) is 5.96 Å². The summed E-state index contributed by atoms with van der Waals surface area (Å²) in [6, 6.07) is 19.8. The van der Waals surface area contributed by atoms with Gasteiger partial charge in [-0.25, -0.2) is 0 Å². The second-order valence-corrected chi connectivity index (χ2v) is 7.60. The van der Waals surface area contributed by atoms with E-state index in [9.17, 15) is 0 Å². The Balaban J connectivity index is 0.00000256. The van der Waals surface area contributed by atoms with Crippen LogP contribution < -0.4 is 20.4 Å². The minimum absolute atomic E-state index is 0. The molecule has 0 saturated carbocycles. The van der Waals surface area contributed by atoms with Gasteiger partial charge in [-0.2, -0.15) is 0 Å².